The average molecular weight is 250 g/mol. The predicted octanol–water partition coefficient (Wildman–Crippen LogP) is 1.50. The highest BCUT2D eigenvalue weighted by molar-refractivity contribution is 5.40. The van der Waals surface area contributed by atoms with Crippen LogP contribution in [0.2, 0.25) is 0 Å². The molecule has 4 heteroatoms. The van der Waals surface area contributed by atoms with E-state index in [4.69, 9.17) is 9.47 Å². The Balaban J connectivity index is 2.08. The third-order valence-corrected chi connectivity index (χ3v) is 3.34. The Bertz CT molecular complexity index is 395. The van der Waals surface area contributed by atoms with Crippen LogP contribution >= 0.6 is 0 Å². The first-order valence-electron chi connectivity index (χ1n) is 6.39. The van der Waals surface area contributed by atoms with E-state index in [1.807, 2.05) is 12.1 Å². The molecular formula is C14H22N2O2. The molecule has 0 bridgehead atoms. The molecular weight excluding hydrogens is 228 g/mol. The van der Waals surface area contributed by atoms with Gasteiger partial charge in [0.2, 0.25) is 0 Å². The van der Waals surface area contributed by atoms with Gasteiger partial charge in [0.25, 0.3) is 0 Å². The number of nitrogens with zero attached hydrogens (tertiary/aromatic N) is 1. The maximum atomic E-state index is 5.43. The topological polar surface area (TPSA) is 33.7 Å². The van der Waals surface area contributed by atoms with E-state index in [-0.39, 0.29) is 0 Å². The largest absolute Gasteiger partial charge is 0.497 e. The maximum absolute atomic E-state index is 5.43. The molecule has 1 fully saturated rings. The third-order valence-electron chi connectivity index (χ3n) is 3.34. The summed E-state index contributed by atoms with van der Waals surface area (Å²) in [6, 6.07) is 6.58. The van der Waals surface area contributed by atoms with Gasteiger partial charge in [-0.15, -0.1) is 0 Å². The van der Waals surface area contributed by atoms with Gasteiger partial charge in [-0.05, 0) is 13.0 Å². The summed E-state index contributed by atoms with van der Waals surface area (Å²) >= 11 is 0. The van der Waals surface area contributed by atoms with E-state index in [1.165, 1.54) is 5.56 Å². The molecule has 1 N–H and O–H groups in total. The minimum absolute atomic E-state index is 0.558. The average Bonchev–Trinajstić information content (AvgIpc) is 2.39. The molecule has 18 heavy (non-hydrogen) atoms. The van der Waals surface area contributed by atoms with Crippen LogP contribution in [0.4, 0.5) is 0 Å². The normalized spacial score (nSPS) is 20.7. The van der Waals surface area contributed by atoms with Gasteiger partial charge in [-0.2, -0.15) is 0 Å². The molecule has 0 unspecified atom stereocenters. The number of hydrogen-bond acceptors (Lipinski definition) is 4. The lowest BCUT2D eigenvalue weighted by Crippen LogP contribution is -2.48. The van der Waals surface area contributed by atoms with Gasteiger partial charge in [0.15, 0.2) is 0 Å². The maximum Gasteiger partial charge on any atom is 0.127 e. The van der Waals surface area contributed by atoms with E-state index < -0.39 is 0 Å². The van der Waals surface area contributed by atoms with E-state index >= 15 is 0 Å². The van der Waals surface area contributed by atoms with Crippen LogP contribution in [-0.4, -0.2) is 44.8 Å². The molecule has 0 amide bonds. The van der Waals surface area contributed by atoms with E-state index in [0.717, 1.165) is 37.7 Å². The van der Waals surface area contributed by atoms with Gasteiger partial charge >= 0.3 is 0 Å². The standard InChI is InChI=1S/C14H22N2O2/c1-11-9-16(7-6-15-11)10-12-4-5-13(17-2)8-14(12)18-3/h4-5,8,11,15H,6-7,9-10H2,1-3H3/t11-/m1/s1. The van der Waals surface area contributed by atoms with Crippen molar-refractivity contribution in [1.29, 1.82) is 0 Å². The molecule has 0 radical (unpaired) electrons. The van der Waals surface area contributed by atoms with Gasteiger partial charge in [0.1, 0.15) is 11.5 Å². The zero-order valence-corrected chi connectivity index (χ0v) is 11.4. The van der Waals surface area contributed by atoms with Crippen molar-refractivity contribution in [1.82, 2.24) is 10.2 Å². The van der Waals surface area contributed by atoms with Gasteiger partial charge in [-0.25, -0.2) is 0 Å². The highest BCUT2D eigenvalue weighted by Gasteiger charge is 2.17. The van der Waals surface area contributed by atoms with Gasteiger partial charge in [-0.1, -0.05) is 6.07 Å². The summed E-state index contributed by atoms with van der Waals surface area (Å²) in [6.45, 7) is 6.37. The zero-order valence-electron chi connectivity index (χ0n) is 11.4. The van der Waals surface area contributed by atoms with Crippen molar-refractivity contribution in [3.63, 3.8) is 0 Å². The molecule has 1 saturated heterocycles. The van der Waals surface area contributed by atoms with Crippen LogP contribution in [0.15, 0.2) is 18.2 Å². The number of ether oxygens (including phenoxy) is 2. The minimum atomic E-state index is 0.558. The first-order valence-corrected chi connectivity index (χ1v) is 6.39. The summed E-state index contributed by atoms with van der Waals surface area (Å²) in [5, 5.41) is 3.45. The van der Waals surface area contributed by atoms with Crippen molar-refractivity contribution in [3.05, 3.63) is 23.8 Å². The Morgan fingerprint density at radius 3 is 2.83 bits per heavy atom. The van der Waals surface area contributed by atoms with E-state index in [9.17, 15) is 0 Å². The van der Waals surface area contributed by atoms with Crippen molar-refractivity contribution in [3.8, 4) is 11.5 Å². The van der Waals surface area contributed by atoms with Crippen LogP contribution in [-0.2, 0) is 6.54 Å². The van der Waals surface area contributed by atoms with Crippen molar-refractivity contribution in [2.45, 2.75) is 19.5 Å². The minimum Gasteiger partial charge on any atom is -0.497 e. The quantitative estimate of drug-likeness (QED) is 0.878. The van der Waals surface area contributed by atoms with Crippen molar-refractivity contribution < 1.29 is 9.47 Å². The summed E-state index contributed by atoms with van der Waals surface area (Å²) in [5.74, 6) is 1.74. The number of hydrogen-bond donors (Lipinski definition) is 1. The van der Waals surface area contributed by atoms with Crippen LogP contribution in [0.1, 0.15) is 12.5 Å². The number of nitrogens with one attached hydrogen (secondary N) is 1. The second-order valence-electron chi connectivity index (χ2n) is 4.77. The molecule has 1 atom stereocenters. The molecule has 1 aromatic rings. The fourth-order valence-corrected chi connectivity index (χ4v) is 2.38. The molecule has 1 aliphatic rings. The molecule has 100 valence electrons. The zero-order chi connectivity index (χ0) is 13.0. The Morgan fingerprint density at radius 2 is 2.17 bits per heavy atom. The summed E-state index contributed by atoms with van der Waals surface area (Å²) < 4.78 is 10.6. The molecule has 2 rings (SSSR count). The molecule has 1 aromatic carbocycles. The third kappa shape index (κ3) is 3.15. The lowest BCUT2D eigenvalue weighted by atomic mass is 10.1. The summed E-state index contributed by atoms with van der Waals surface area (Å²) in [5.41, 5.74) is 1.22. The van der Waals surface area contributed by atoms with Crippen LogP contribution in [0.25, 0.3) is 0 Å². The van der Waals surface area contributed by atoms with Gasteiger partial charge in [0, 0.05) is 43.9 Å². The second kappa shape index (κ2) is 6.07. The molecule has 4 nitrogen and oxygen atoms in total. The fraction of sp³-hybridized carbons (Fsp3) is 0.571. The lowest BCUT2D eigenvalue weighted by Gasteiger charge is -2.32. The van der Waals surface area contributed by atoms with Crippen molar-refractivity contribution in [2.24, 2.45) is 0 Å². The molecule has 1 aliphatic heterocycles. The van der Waals surface area contributed by atoms with Crippen LogP contribution < -0.4 is 14.8 Å². The van der Waals surface area contributed by atoms with Crippen molar-refractivity contribution >= 4 is 0 Å². The number of benzene rings is 1. The highest BCUT2D eigenvalue weighted by atomic mass is 16.5. The van der Waals surface area contributed by atoms with Crippen LogP contribution in [0.3, 0.4) is 0 Å². The summed E-state index contributed by atoms with van der Waals surface area (Å²) in [6.07, 6.45) is 0. The number of methoxy groups -OCH3 is 2. The molecule has 0 spiro atoms. The van der Waals surface area contributed by atoms with Gasteiger partial charge in [-0.3, -0.25) is 4.90 Å². The van der Waals surface area contributed by atoms with Gasteiger partial charge < -0.3 is 14.8 Å². The fourth-order valence-electron chi connectivity index (χ4n) is 2.38. The number of rotatable bonds is 4. The first kappa shape index (κ1) is 13.2. The lowest BCUT2D eigenvalue weighted by molar-refractivity contribution is 0.197. The van der Waals surface area contributed by atoms with E-state index in [2.05, 4.69) is 23.2 Å². The SMILES string of the molecule is COc1ccc(CN2CCN[C@H](C)C2)c(OC)c1. The summed E-state index contributed by atoms with van der Waals surface area (Å²) in [4.78, 5) is 2.45. The smallest absolute Gasteiger partial charge is 0.127 e. The van der Waals surface area contributed by atoms with Crippen LogP contribution in [0, 0.1) is 0 Å². The highest BCUT2D eigenvalue weighted by Crippen LogP contribution is 2.25. The van der Waals surface area contributed by atoms with E-state index in [0.29, 0.717) is 6.04 Å². The Hall–Kier alpha value is -1.26. The molecule has 0 saturated carbocycles. The Kier molecular flexibility index (Phi) is 4.44. The molecule has 0 aromatic heterocycles. The van der Waals surface area contributed by atoms with Crippen molar-refractivity contribution in [2.75, 3.05) is 33.9 Å². The predicted molar refractivity (Wildman–Crippen MR) is 72.3 cm³/mol. The Morgan fingerprint density at radius 1 is 1.33 bits per heavy atom. The summed E-state index contributed by atoms with van der Waals surface area (Å²) in [7, 11) is 3.38. The monoisotopic (exact) mass is 250 g/mol. The molecule has 1 heterocycles. The van der Waals surface area contributed by atoms with E-state index in [1.54, 1.807) is 14.2 Å². The Labute approximate surface area is 109 Å². The second-order valence-corrected chi connectivity index (χ2v) is 4.77. The number of piperazine rings is 1. The van der Waals surface area contributed by atoms with Gasteiger partial charge in [0.05, 0.1) is 14.2 Å². The van der Waals surface area contributed by atoms with Crippen LogP contribution in [0.5, 0.6) is 11.5 Å². The first-order chi connectivity index (χ1) is 8.72. The molecule has 0 aliphatic carbocycles.